The van der Waals surface area contributed by atoms with Gasteiger partial charge in [0.15, 0.2) is 0 Å². The molecule has 8 heteroatoms. The fourth-order valence-electron chi connectivity index (χ4n) is 4.75. The number of carbonyl (C=O) groups excluding carboxylic acids is 2. The van der Waals surface area contributed by atoms with Crippen LogP contribution in [0.15, 0.2) is 79.3 Å². The molecule has 8 nitrogen and oxygen atoms in total. The van der Waals surface area contributed by atoms with Gasteiger partial charge in [-0.2, -0.15) is 0 Å². The van der Waals surface area contributed by atoms with Crippen molar-refractivity contribution in [1.29, 1.82) is 0 Å². The molecular formula is C29H32N6O2. The number of rotatable bonds is 9. The molecule has 2 aromatic heterocycles. The van der Waals surface area contributed by atoms with Crippen LogP contribution in [0.5, 0.6) is 0 Å². The number of hydrogen-bond acceptors (Lipinski definition) is 4. The van der Waals surface area contributed by atoms with Gasteiger partial charge in [0, 0.05) is 48.4 Å². The summed E-state index contributed by atoms with van der Waals surface area (Å²) < 4.78 is 2.01. The van der Waals surface area contributed by atoms with Gasteiger partial charge in [-0.3, -0.25) is 9.78 Å². The number of aromatic nitrogens is 2. The molecule has 0 radical (unpaired) electrons. The lowest BCUT2D eigenvalue weighted by Gasteiger charge is -2.14. The van der Waals surface area contributed by atoms with Crippen LogP contribution in [0, 0.1) is 0 Å². The van der Waals surface area contributed by atoms with E-state index in [0.29, 0.717) is 24.3 Å². The van der Waals surface area contributed by atoms with Crippen molar-refractivity contribution in [2.75, 3.05) is 31.5 Å². The quantitative estimate of drug-likeness (QED) is 0.296. The number of hydrogen-bond donors (Lipinski definition) is 3. The van der Waals surface area contributed by atoms with Crippen molar-refractivity contribution in [3.05, 3.63) is 90.4 Å². The zero-order valence-corrected chi connectivity index (χ0v) is 20.8. The van der Waals surface area contributed by atoms with Crippen molar-refractivity contribution in [1.82, 2.24) is 25.1 Å². The van der Waals surface area contributed by atoms with Gasteiger partial charge in [0.1, 0.15) is 0 Å². The van der Waals surface area contributed by atoms with Crippen molar-refractivity contribution in [2.45, 2.75) is 25.8 Å². The standard InChI is InChI=1S/C29H32N6O2/c36-28(31-15-6-18-34-16-3-4-17-34)26-21-35(27-9-2-1-8-25(26)27)24-12-10-23(11-13-24)33-29(37)32-20-22-7-5-14-30-19-22/h1-2,5,7-14,19,21H,3-4,6,15-18,20H2,(H,31,36)(H2,32,33,37). The van der Waals surface area contributed by atoms with Crippen molar-refractivity contribution in [2.24, 2.45) is 0 Å². The maximum atomic E-state index is 13.0. The fraction of sp³-hybridized carbons (Fsp3) is 0.276. The average molecular weight is 497 g/mol. The number of nitrogens with zero attached hydrogens (tertiary/aromatic N) is 3. The molecule has 1 saturated heterocycles. The lowest BCUT2D eigenvalue weighted by molar-refractivity contribution is 0.0953. The van der Waals surface area contributed by atoms with E-state index in [1.807, 2.05) is 71.4 Å². The molecular weight excluding hydrogens is 464 g/mol. The number of anilines is 1. The van der Waals surface area contributed by atoms with Crippen LogP contribution in [0.3, 0.4) is 0 Å². The molecule has 0 saturated carbocycles. The molecule has 3 amide bonds. The van der Waals surface area contributed by atoms with Crippen LogP contribution in [-0.2, 0) is 6.54 Å². The van der Waals surface area contributed by atoms with Crippen LogP contribution >= 0.6 is 0 Å². The third kappa shape index (κ3) is 6.16. The lowest BCUT2D eigenvalue weighted by Crippen LogP contribution is -2.28. The number of pyridine rings is 1. The predicted octanol–water partition coefficient (Wildman–Crippen LogP) is 4.56. The SMILES string of the molecule is O=C(NCc1cccnc1)Nc1ccc(-n2cc(C(=O)NCCCN3CCCC3)c3ccccc32)cc1. The number of amides is 3. The third-order valence-electron chi connectivity index (χ3n) is 6.67. The Balaban J connectivity index is 1.23. The Morgan fingerprint density at radius 2 is 1.73 bits per heavy atom. The first-order valence-corrected chi connectivity index (χ1v) is 12.8. The summed E-state index contributed by atoms with van der Waals surface area (Å²) in [6.45, 7) is 4.44. The summed E-state index contributed by atoms with van der Waals surface area (Å²) in [7, 11) is 0. The largest absolute Gasteiger partial charge is 0.352 e. The maximum absolute atomic E-state index is 13.0. The molecule has 4 aromatic rings. The van der Waals surface area contributed by atoms with Crippen molar-refractivity contribution < 1.29 is 9.59 Å². The number of likely N-dealkylation sites (tertiary alicyclic amines) is 1. The van der Waals surface area contributed by atoms with E-state index in [-0.39, 0.29) is 11.9 Å². The van der Waals surface area contributed by atoms with E-state index < -0.39 is 0 Å². The number of carbonyl (C=O) groups is 2. The van der Waals surface area contributed by atoms with Gasteiger partial charge in [0.25, 0.3) is 5.91 Å². The second-order valence-corrected chi connectivity index (χ2v) is 9.30. The molecule has 0 unspecified atom stereocenters. The monoisotopic (exact) mass is 496 g/mol. The third-order valence-corrected chi connectivity index (χ3v) is 6.67. The van der Waals surface area contributed by atoms with E-state index in [1.165, 1.54) is 25.9 Å². The highest BCUT2D eigenvalue weighted by Gasteiger charge is 2.16. The molecule has 37 heavy (non-hydrogen) atoms. The van der Waals surface area contributed by atoms with E-state index in [1.54, 1.807) is 12.4 Å². The summed E-state index contributed by atoms with van der Waals surface area (Å²) in [5.74, 6) is -0.0556. The minimum Gasteiger partial charge on any atom is -0.352 e. The maximum Gasteiger partial charge on any atom is 0.319 e. The van der Waals surface area contributed by atoms with Gasteiger partial charge in [-0.15, -0.1) is 0 Å². The van der Waals surface area contributed by atoms with E-state index in [0.717, 1.165) is 35.1 Å². The van der Waals surface area contributed by atoms with Gasteiger partial charge >= 0.3 is 6.03 Å². The van der Waals surface area contributed by atoms with Gasteiger partial charge < -0.3 is 25.4 Å². The molecule has 0 bridgehead atoms. The van der Waals surface area contributed by atoms with Gasteiger partial charge in [0.2, 0.25) is 0 Å². The van der Waals surface area contributed by atoms with Crippen molar-refractivity contribution in [3.8, 4) is 5.69 Å². The molecule has 1 fully saturated rings. The Hall–Kier alpha value is -4.17. The van der Waals surface area contributed by atoms with Crippen LogP contribution in [-0.4, -0.2) is 52.6 Å². The number of benzene rings is 2. The Morgan fingerprint density at radius 1 is 0.919 bits per heavy atom. The highest BCUT2D eigenvalue weighted by molar-refractivity contribution is 6.07. The lowest BCUT2D eigenvalue weighted by atomic mass is 10.1. The normalized spacial score (nSPS) is 13.5. The zero-order chi connectivity index (χ0) is 25.5. The molecule has 3 heterocycles. The molecule has 2 aromatic carbocycles. The van der Waals surface area contributed by atoms with Crippen LogP contribution in [0.1, 0.15) is 35.2 Å². The summed E-state index contributed by atoms with van der Waals surface area (Å²) in [6, 6.07) is 18.9. The number of urea groups is 1. The summed E-state index contributed by atoms with van der Waals surface area (Å²) in [6.07, 6.45) is 8.83. The zero-order valence-electron chi connectivity index (χ0n) is 20.8. The number of fused-ring (bicyclic) bond motifs is 1. The summed E-state index contributed by atoms with van der Waals surface area (Å²) in [5, 5.41) is 9.69. The Morgan fingerprint density at radius 3 is 2.51 bits per heavy atom. The Labute approximate surface area is 216 Å². The van der Waals surface area contributed by atoms with E-state index in [4.69, 9.17) is 0 Å². The fourth-order valence-corrected chi connectivity index (χ4v) is 4.75. The first-order valence-electron chi connectivity index (χ1n) is 12.8. The van der Waals surface area contributed by atoms with Gasteiger partial charge in [-0.25, -0.2) is 4.79 Å². The molecule has 3 N–H and O–H groups in total. The highest BCUT2D eigenvalue weighted by Crippen LogP contribution is 2.26. The second kappa shape index (κ2) is 11.7. The molecule has 1 aliphatic rings. The van der Waals surface area contributed by atoms with Gasteiger partial charge in [0.05, 0.1) is 11.1 Å². The molecule has 5 rings (SSSR count). The first-order chi connectivity index (χ1) is 18.2. The van der Waals surface area contributed by atoms with E-state index in [9.17, 15) is 9.59 Å². The molecule has 0 aliphatic carbocycles. The first kappa shape index (κ1) is 24.5. The highest BCUT2D eigenvalue weighted by atomic mass is 16.2. The van der Waals surface area contributed by atoms with E-state index >= 15 is 0 Å². The Kier molecular flexibility index (Phi) is 7.76. The second-order valence-electron chi connectivity index (χ2n) is 9.30. The number of para-hydroxylation sites is 1. The van der Waals surface area contributed by atoms with Crippen LogP contribution in [0.2, 0.25) is 0 Å². The Bertz CT molecular complexity index is 1340. The predicted molar refractivity (Wildman–Crippen MR) is 146 cm³/mol. The molecule has 0 spiro atoms. The smallest absolute Gasteiger partial charge is 0.319 e. The summed E-state index contributed by atoms with van der Waals surface area (Å²) in [4.78, 5) is 31.8. The summed E-state index contributed by atoms with van der Waals surface area (Å²) in [5.41, 5.74) is 4.14. The van der Waals surface area contributed by atoms with Crippen molar-refractivity contribution >= 4 is 28.5 Å². The minimum atomic E-state index is -0.285. The van der Waals surface area contributed by atoms with Crippen LogP contribution in [0.25, 0.3) is 16.6 Å². The van der Waals surface area contributed by atoms with E-state index in [2.05, 4.69) is 25.8 Å². The molecule has 1 aliphatic heterocycles. The summed E-state index contributed by atoms with van der Waals surface area (Å²) >= 11 is 0. The topological polar surface area (TPSA) is 91.3 Å². The average Bonchev–Trinajstić information content (AvgIpc) is 3.59. The molecule has 190 valence electrons. The van der Waals surface area contributed by atoms with Gasteiger partial charge in [-0.1, -0.05) is 24.3 Å². The van der Waals surface area contributed by atoms with Crippen LogP contribution in [0.4, 0.5) is 10.5 Å². The molecule has 0 atom stereocenters. The van der Waals surface area contributed by atoms with Gasteiger partial charge in [-0.05, 0) is 80.9 Å². The van der Waals surface area contributed by atoms with Crippen LogP contribution < -0.4 is 16.0 Å². The number of nitrogens with one attached hydrogen (secondary N) is 3. The van der Waals surface area contributed by atoms with Crippen molar-refractivity contribution in [3.63, 3.8) is 0 Å². The minimum absolute atomic E-state index is 0.0556.